The summed E-state index contributed by atoms with van der Waals surface area (Å²) in [5.41, 5.74) is 6.49. The van der Waals surface area contributed by atoms with E-state index in [1.807, 2.05) is 31.2 Å². The standard InChI is InChI=1S/C24H26N4O3S2/c1-11-8-13(3)20-17(9-11)12(2)10-18-26-27-24(28(18)20)33-16(6)21(29)25-22-19(23(30)31-7)14(4)15(5)32-22/h8-10,16H,1-7H3,(H,25,29). The van der Waals surface area contributed by atoms with E-state index in [-0.39, 0.29) is 5.91 Å². The number of aromatic nitrogens is 3. The molecule has 0 aliphatic rings. The Morgan fingerprint density at radius 1 is 1.09 bits per heavy atom. The normalized spacial score (nSPS) is 12.3. The number of amides is 1. The Bertz CT molecular complexity index is 1420. The number of thioether (sulfide) groups is 1. The fourth-order valence-electron chi connectivity index (χ4n) is 3.98. The molecule has 0 bridgehead atoms. The van der Waals surface area contributed by atoms with Crippen LogP contribution in [0.1, 0.15) is 44.4 Å². The van der Waals surface area contributed by atoms with E-state index in [0.29, 0.717) is 15.7 Å². The first-order valence-corrected chi connectivity index (χ1v) is 12.2. The minimum atomic E-state index is -0.465. The number of carbonyl (C=O) groups excluding carboxylic acids is 2. The third kappa shape index (κ3) is 4.11. The van der Waals surface area contributed by atoms with Crippen LogP contribution in [0.3, 0.4) is 0 Å². The summed E-state index contributed by atoms with van der Waals surface area (Å²) in [5.74, 6) is -0.671. The molecule has 0 aliphatic carbocycles. The number of pyridine rings is 1. The lowest BCUT2D eigenvalue weighted by Crippen LogP contribution is -2.23. The van der Waals surface area contributed by atoms with E-state index in [1.54, 1.807) is 0 Å². The fourth-order valence-corrected chi connectivity index (χ4v) is 5.89. The van der Waals surface area contributed by atoms with Crippen molar-refractivity contribution in [2.24, 2.45) is 0 Å². The van der Waals surface area contributed by atoms with Gasteiger partial charge in [-0.3, -0.25) is 9.20 Å². The van der Waals surface area contributed by atoms with Crippen molar-refractivity contribution in [3.05, 3.63) is 50.9 Å². The van der Waals surface area contributed by atoms with Crippen LogP contribution in [0.4, 0.5) is 5.00 Å². The average Bonchev–Trinajstić information content (AvgIpc) is 3.27. The predicted octanol–water partition coefficient (Wildman–Crippen LogP) is 5.39. The van der Waals surface area contributed by atoms with Gasteiger partial charge < -0.3 is 10.1 Å². The largest absolute Gasteiger partial charge is 0.465 e. The van der Waals surface area contributed by atoms with Crippen molar-refractivity contribution < 1.29 is 14.3 Å². The average molecular weight is 483 g/mol. The van der Waals surface area contributed by atoms with Crippen LogP contribution in [0, 0.1) is 34.6 Å². The minimum Gasteiger partial charge on any atom is -0.465 e. The second-order valence-electron chi connectivity index (χ2n) is 8.21. The number of fused-ring (bicyclic) bond motifs is 3. The summed E-state index contributed by atoms with van der Waals surface area (Å²) in [6, 6.07) is 6.32. The van der Waals surface area contributed by atoms with Crippen LogP contribution in [-0.2, 0) is 9.53 Å². The Morgan fingerprint density at radius 2 is 1.82 bits per heavy atom. The highest BCUT2D eigenvalue weighted by atomic mass is 32.2. The summed E-state index contributed by atoms with van der Waals surface area (Å²) in [5, 5.41) is 13.5. The second-order valence-corrected chi connectivity index (χ2v) is 10.7. The molecule has 0 radical (unpaired) electrons. The molecule has 0 aliphatic heterocycles. The Labute approximate surface area is 200 Å². The van der Waals surface area contributed by atoms with Crippen molar-refractivity contribution in [1.82, 2.24) is 14.6 Å². The smallest absolute Gasteiger partial charge is 0.341 e. The van der Waals surface area contributed by atoms with Crippen LogP contribution in [0.15, 0.2) is 23.4 Å². The number of thiophene rings is 1. The molecule has 1 amide bonds. The van der Waals surface area contributed by atoms with E-state index >= 15 is 0 Å². The van der Waals surface area contributed by atoms with Crippen LogP contribution < -0.4 is 5.32 Å². The first-order chi connectivity index (χ1) is 15.6. The van der Waals surface area contributed by atoms with Gasteiger partial charge in [-0.15, -0.1) is 21.5 Å². The van der Waals surface area contributed by atoms with Crippen LogP contribution in [-0.4, -0.2) is 38.8 Å². The predicted molar refractivity (Wildman–Crippen MR) is 134 cm³/mol. The number of esters is 1. The van der Waals surface area contributed by atoms with Gasteiger partial charge in [-0.1, -0.05) is 23.4 Å². The van der Waals surface area contributed by atoms with E-state index in [0.717, 1.165) is 38.1 Å². The molecule has 7 nitrogen and oxygen atoms in total. The summed E-state index contributed by atoms with van der Waals surface area (Å²) < 4.78 is 6.92. The zero-order chi connectivity index (χ0) is 24.0. The lowest BCUT2D eigenvalue weighted by Gasteiger charge is -2.14. The number of nitrogens with one attached hydrogen (secondary N) is 1. The molecule has 0 saturated heterocycles. The molecular weight excluding hydrogens is 456 g/mol. The Balaban J connectivity index is 1.67. The second kappa shape index (κ2) is 8.79. The maximum absolute atomic E-state index is 13.1. The number of hydrogen-bond donors (Lipinski definition) is 1. The van der Waals surface area contributed by atoms with Crippen LogP contribution >= 0.6 is 23.1 Å². The first-order valence-electron chi connectivity index (χ1n) is 10.5. The number of ether oxygens (including phenoxy) is 1. The fraction of sp³-hybridized carbons (Fsp3) is 0.333. The number of benzene rings is 1. The molecule has 3 heterocycles. The van der Waals surface area contributed by atoms with Crippen LogP contribution in [0.2, 0.25) is 0 Å². The van der Waals surface area contributed by atoms with Crippen molar-refractivity contribution in [2.45, 2.75) is 51.9 Å². The molecule has 4 rings (SSSR count). The molecule has 4 aromatic rings. The van der Waals surface area contributed by atoms with E-state index in [9.17, 15) is 9.59 Å². The molecule has 0 spiro atoms. The molecule has 9 heteroatoms. The molecule has 1 N–H and O–H groups in total. The van der Waals surface area contributed by atoms with Crippen molar-refractivity contribution in [3.63, 3.8) is 0 Å². The Kier molecular flexibility index (Phi) is 6.20. The third-order valence-corrected chi connectivity index (χ3v) is 7.93. The van der Waals surface area contributed by atoms with Gasteiger partial charge in [-0.05, 0) is 70.4 Å². The number of methoxy groups -OCH3 is 1. The lowest BCUT2D eigenvalue weighted by atomic mass is 10.0. The van der Waals surface area contributed by atoms with E-state index in [1.165, 1.54) is 35.8 Å². The lowest BCUT2D eigenvalue weighted by molar-refractivity contribution is -0.115. The van der Waals surface area contributed by atoms with Crippen molar-refractivity contribution in [3.8, 4) is 0 Å². The van der Waals surface area contributed by atoms with Gasteiger partial charge in [0.1, 0.15) is 5.00 Å². The highest BCUT2D eigenvalue weighted by Gasteiger charge is 2.25. The van der Waals surface area contributed by atoms with Gasteiger partial charge in [-0.2, -0.15) is 0 Å². The summed E-state index contributed by atoms with van der Waals surface area (Å²) in [6.45, 7) is 11.8. The molecule has 3 aromatic heterocycles. The molecular formula is C24H26N4O3S2. The van der Waals surface area contributed by atoms with E-state index < -0.39 is 11.2 Å². The van der Waals surface area contributed by atoms with Crippen LogP contribution in [0.25, 0.3) is 16.6 Å². The zero-order valence-corrected chi connectivity index (χ0v) is 21.3. The number of nitrogens with zero attached hydrogens (tertiary/aromatic N) is 3. The first kappa shape index (κ1) is 23.3. The van der Waals surface area contributed by atoms with Crippen LogP contribution in [0.5, 0.6) is 0 Å². The number of anilines is 1. The zero-order valence-electron chi connectivity index (χ0n) is 19.7. The Hall–Kier alpha value is -2.91. The summed E-state index contributed by atoms with van der Waals surface area (Å²) in [4.78, 5) is 26.2. The van der Waals surface area contributed by atoms with Crippen molar-refractivity contribution >= 4 is 56.5 Å². The number of rotatable bonds is 5. The van der Waals surface area contributed by atoms with E-state index in [2.05, 4.69) is 48.4 Å². The Morgan fingerprint density at radius 3 is 2.52 bits per heavy atom. The van der Waals surface area contributed by atoms with Gasteiger partial charge in [0.05, 0.1) is 23.4 Å². The number of hydrogen-bond acceptors (Lipinski definition) is 7. The highest BCUT2D eigenvalue weighted by molar-refractivity contribution is 8.00. The summed E-state index contributed by atoms with van der Waals surface area (Å²) in [7, 11) is 1.34. The highest BCUT2D eigenvalue weighted by Crippen LogP contribution is 2.35. The molecule has 1 unspecified atom stereocenters. The monoisotopic (exact) mass is 482 g/mol. The molecule has 33 heavy (non-hydrogen) atoms. The molecule has 0 fully saturated rings. The molecule has 172 valence electrons. The quantitative estimate of drug-likeness (QED) is 0.303. The molecule has 1 aromatic carbocycles. The third-order valence-electron chi connectivity index (χ3n) is 5.76. The topological polar surface area (TPSA) is 85.6 Å². The van der Waals surface area contributed by atoms with Gasteiger partial charge in [0, 0.05) is 10.3 Å². The molecule has 1 atom stereocenters. The molecule has 0 saturated carbocycles. The van der Waals surface area contributed by atoms with Gasteiger partial charge in [0.25, 0.3) is 0 Å². The van der Waals surface area contributed by atoms with Gasteiger partial charge in [0.15, 0.2) is 10.8 Å². The van der Waals surface area contributed by atoms with Crippen molar-refractivity contribution in [1.29, 1.82) is 0 Å². The summed E-state index contributed by atoms with van der Waals surface area (Å²) >= 11 is 2.71. The van der Waals surface area contributed by atoms with Crippen molar-refractivity contribution in [2.75, 3.05) is 12.4 Å². The van der Waals surface area contributed by atoms with Gasteiger partial charge >= 0.3 is 5.97 Å². The summed E-state index contributed by atoms with van der Waals surface area (Å²) in [6.07, 6.45) is 0. The van der Waals surface area contributed by atoms with E-state index in [4.69, 9.17) is 4.74 Å². The van der Waals surface area contributed by atoms with Gasteiger partial charge in [-0.25, -0.2) is 4.79 Å². The minimum absolute atomic E-state index is 0.216. The number of carbonyl (C=O) groups is 2. The maximum atomic E-state index is 13.1. The SMILES string of the molecule is COC(=O)c1c(NC(=O)C(C)Sc2nnc3cc(C)c4cc(C)cc(C)c4n23)sc(C)c1C. The number of aryl methyl sites for hydroxylation is 4. The maximum Gasteiger partial charge on any atom is 0.341 e. The van der Waals surface area contributed by atoms with Gasteiger partial charge in [0.2, 0.25) is 5.91 Å².